The van der Waals surface area contributed by atoms with Crippen LogP contribution in [0.2, 0.25) is 0 Å². The van der Waals surface area contributed by atoms with Crippen LogP contribution in [0.15, 0.2) is 42.5 Å². The summed E-state index contributed by atoms with van der Waals surface area (Å²) in [4.78, 5) is 0. The van der Waals surface area contributed by atoms with Crippen LogP contribution in [0.3, 0.4) is 0 Å². The number of hydrogen-bond donors (Lipinski definition) is 2. The largest absolute Gasteiger partial charge is 0.492 e. The SMILES string of the molecule is COCOc1c(B(O)O)cc(C(C)(C)C)cc1-c1ccccc1. The van der Waals surface area contributed by atoms with Gasteiger partial charge in [-0.1, -0.05) is 57.2 Å². The second kappa shape index (κ2) is 7.17. The minimum absolute atomic E-state index is 0.0361. The van der Waals surface area contributed by atoms with Gasteiger partial charge in [-0.05, 0) is 22.6 Å². The molecule has 2 aromatic carbocycles. The molecule has 0 spiro atoms. The van der Waals surface area contributed by atoms with Crippen LogP contribution in [0.1, 0.15) is 26.3 Å². The molecule has 2 N–H and O–H groups in total. The van der Waals surface area contributed by atoms with Crippen molar-refractivity contribution in [3.63, 3.8) is 0 Å². The zero-order valence-electron chi connectivity index (χ0n) is 14.0. The van der Waals surface area contributed by atoms with E-state index in [1.54, 1.807) is 6.07 Å². The van der Waals surface area contributed by atoms with Gasteiger partial charge in [-0.3, -0.25) is 0 Å². The summed E-state index contributed by atoms with van der Waals surface area (Å²) in [6.45, 7) is 6.29. The normalized spacial score (nSPS) is 11.4. The highest BCUT2D eigenvalue weighted by atomic mass is 16.7. The fourth-order valence-corrected chi connectivity index (χ4v) is 2.39. The maximum absolute atomic E-state index is 9.80. The van der Waals surface area contributed by atoms with E-state index in [4.69, 9.17) is 9.47 Å². The van der Waals surface area contributed by atoms with Crippen molar-refractivity contribution in [1.82, 2.24) is 0 Å². The van der Waals surface area contributed by atoms with E-state index in [-0.39, 0.29) is 12.2 Å². The lowest BCUT2D eigenvalue weighted by atomic mass is 9.73. The molecule has 0 aliphatic rings. The van der Waals surface area contributed by atoms with E-state index in [1.807, 2.05) is 36.4 Å². The van der Waals surface area contributed by atoms with Gasteiger partial charge < -0.3 is 19.5 Å². The molecule has 0 aliphatic heterocycles. The average molecular weight is 314 g/mol. The Kier molecular flexibility index (Phi) is 5.47. The van der Waals surface area contributed by atoms with Gasteiger partial charge in [0.25, 0.3) is 0 Å². The highest BCUT2D eigenvalue weighted by Gasteiger charge is 2.25. The fourth-order valence-electron chi connectivity index (χ4n) is 2.39. The summed E-state index contributed by atoms with van der Waals surface area (Å²) in [5.41, 5.74) is 2.98. The summed E-state index contributed by atoms with van der Waals surface area (Å²) in [5, 5.41) is 19.6. The molecule has 0 atom stereocenters. The van der Waals surface area contributed by atoms with E-state index in [0.717, 1.165) is 16.7 Å². The first-order valence-corrected chi connectivity index (χ1v) is 7.56. The molecule has 2 aromatic rings. The Hall–Kier alpha value is -1.82. The Morgan fingerprint density at radius 3 is 2.22 bits per heavy atom. The van der Waals surface area contributed by atoms with Crippen molar-refractivity contribution in [1.29, 1.82) is 0 Å². The molecule has 0 saturated carbocycles. The molecule has 0 radical (unpaired) electrons. The van der Waals surface area contributed by atoms with Gasteiger partial charge in [-0.2, -0.15) is 0 Å². The zero-order chi connectivity index (χ0) is 17.0. The maximum Gasteiger partial charge on any atom is 0.492 e. The van der Waals surface area contributed by atoms with Crippen molar-refractivity contribution < 1.29 is 19.5 Å². The van der Waals surface area contributed by atoms with Gasteiger partial charge in [0.1, 0.15) is 5.75 Å². The lowest BCUT2D eigenvalue weighted by molar-refractivity contribution is 0.0521. The van der Waals surface area contributed by atoms with Crippen LogP contribution in [0, 0.1) is 0 Å². The summed E-state index contributed by atoms with van der Waals surface area (Å²) in [5.74, 6) is 0.432. The minimum atomic E-state index is -1.62. The average Bonchev–Trinajstić information content (AvgIpc) is 2.52. The molecule has 0 aromatic heterocycles. The molecule has 0 saturated heterocycles. The van der Waals surface area contributed by atoms with Gasteiger partial charge in [-0.25, -0.2) is 0 Å². The van der Waals surface area contributed by atoms with Crippen LogP contribution in [0.4, 0.5) is 0 Å². The lowest BCUT2D eigenvalue weighted by Crippen LogP contribution is -2.33. The van der Waals surface area contributed by atoms with Crippen molar-refractivity contribution in [3.05, 3.63) is 48.0 Å². The molecular weight excluding hydrogens is 291 g/mol. The van der Waals surface area contributed by atoms with Crippen molar-refractivity contribution in [2.45, 2.75) is 26.2 Å². The third kappa shape index (κ3) is 4.13. The van der Waals surface area contributed by atoms with Crippen LogP contribution < -0.4 is 10.2 Å². The summed E-state index contributed by atoms with van der Waals surface area (Å²) < 4.78 is 10.6. The van der Waals surface area contributed by atoms with E-state index in [2.05, 4.69) is 20.8 Å². The second-order valence-corrected chi connectivity index (χ2v) is 6.48. The molecule has 5 heteroatoms. The molecule has 0 unspecified atom stereocenters. The Bertz CT molecular complexity index is 648. The van der Waals surface area contributed by atoms with E-state index in [1.165, 1.54) is 7.11 Å². The predicted octanol–water partition coefficient (Wildman–Crippen LogP) is 2.31. The molecule has 2 rings (SSSR count). The van der Waals surface area contributed by atoms with Gasteiger partial charge in [0.15, 0.2) is 6.79 Å². The van der Waals surface area contributed by atoms with Gasteiger partial charge in [0.2, 0.25) is 0 Å². The smallest absolute Gasteiger partial charge is 0.467 e. The van der Waals surface area contributed by atoms with Crippen molar-refractivity contribution in [2.24, 2.45) is 0 Å². The molecule has 0 bridgehead atoms. The highest BCUT2D eigenvalue weighted by Crippen LogP contribution is 2.34. The summed E-state index contributed by atoms with van der Waals surface area (Å²) in [7, 11) is -0.0903. The van der Waals surface area contributed by atoms with E-state index < -0.39 is 7.12 Å². The highest BCUT2D eigenvalue weighted by molar-refractivity contribution is 6.60. The third-order valence-electron chi connectivity index (χ3n) is 3.67. The zero-order valence-corrected chi connectivity index (χ0v) is 14.0. The molecule has 4 nitrogen and oxygen atoms in total. The molecule has 122 valence electrons. The van der Waals surface area contributed by atoms with Gasteiger partial charge in [0.05, 0.1) is 0 Å². The first kappa shape index (κ1) is 17.5. The van der Waals surface area contributed by atoms with E-state index in [9.17, 15) is 10.0 Å². The van der Waals surface area contributed by atoms with Crippen molar-refractivity contribution in [3.8, 4) is 16.9 Å². The van der Waals surface area contributed by atoms with Crippen LogP contribution in [-0.4, -0.2) is 31.1 Å². The van der Waals surface area contributed by atoms with Gasteiger partial charge in [0, 0.05) is 18.1 Å². The van der Waals surface area contributed by atoms with Crippen LogP contribution in [-0.2, 0) is 10.2 Å². The number of rotatable bonds is 5. The summed E-state index contributed by atoms with van der Waals surface area (Å²) in [6.07, 6.45) is 0. The van der Waals surface area contributed by atoms with E-state index in [0.29, 0.717) is 11.2 Å². The van der Waals surface area contributed by atoms with Crippen molar-refractivity contribution >= 4 is 12.6 Å². The Labute approximate surface area is 137 Å². The topological polar surface area (TPSA) is 58.9 Å². The Morgan fingerprint density at radius 2 is 1.70 bits per heavy atom. The number of benzene rings is 2. The lowest BCUT2D eigenvalue weighted by Gasteiger charge is -2.24. The minimum Gasteiger partial charge on any atom is -0.467 e. The van der Waals surface area contributed by atoms with E-state index >= 15 is 0 Å². The molecule has 0 heterocycles. The number of methoxy groups -OCH3 is 1. The van der Waals surface area contributed by atoms with Crippen molar-refractivity contribution in [2.75, 3.05) is 13.9 Å². The molecule has 0 fully saturated rings. The second-order valence-electron chi connectivity index (χ2n) is 6.48. The molecular formula is C18H23BO4. The quantitative estimate of drug-likeness (QED) is 0.657. The van der Waals surface area contributed by atoms with Gasteiger partial charge in [-0.15, -0.1) is 0 Å². The predicted molar refractivity (Wildman–Crippen MR) is 92.9 cm³/mol. The van der Waals surface area contributed by atoms with Crippen LogP contribution in [0.25, 0.3) is 11.1 Å². The standard InChI is InChI=1S/C18H23BO4/c1-18(2,3)14-10-15(13-8-6-5-7-9-13)17(23-12-22-4)16(11-14)19(20)21/h5-11,20-21H,12H2,1-4H3. The monoisotopic (exact) mass is 314 g/mol. The third-order valence-corrected chi connectivity index (χ3v) is 3.67. The first-order chi connectivity index (χ1) is 10.8. The molecule has 0 amide bonds. The van der Waals surface area contributed by atoms with Crippen LogP contribution in [0.5, 0.6) is 5.75 Å². The summed E-state index contributed by atoms with van der Waals surface area (Å²) >= 11 is 0. The molecule has 23 heavy (non-hydrogen) atoms. The van der Waals surface area contributed by atoms with Crippen LogP contribution >= 0.6 is 0 Å². The molecule has 0 aliphatic carbocycles. The number of hydrogen-bond acceptors (Lipinski definition) is 4. The summed E-state index contributed by atoms with van der Waals surface area (Å²) in [6, 6.07) is 13.6. The maximum atomic E-state index is 9.80. The fraction of sp³-hybridized carbons (Fsp3) is 0.333. The Balaban J connectivity index is 2.70. The van der Waals surface area contributed by atoms with Gasteiger partial charge >= 0.3 is 7.12 Å². The first-order valence-electron chi connectivity index (χ1n) is 7.56. The number of ether oxygens (including phenoxy) is 2. The Morgan fingerprint density at radius 1 is 1.04 bits per heavy atom.